The van der Waals surface area contributed by atoms with E-state index in [2.05, 4.69) is 0 Å². The minimum Gasteiger partial charge on any atom is -0.461 e. The van der Waals surface area contributed by atoms with Crippen molar-refractivity contribution in [3.05, 3.63) is 34.4 Å². The SMILES string of the molecule is CC(=O)O[C@@H]1[C@@H](OC(C)=O)[C@H](Oc2ccc([N+](=O)[O-])cc2)OC[C@@H]1OC(C)=O. The van der Waals surface area contributed by atoms with Gasteiger partial charge >= 0.3 is 17.9 Å². The molecule has 1 aliphatic heterocycles. The molecule has 0 N–H and O–H groups in total. The summed E-state index contributed by atoms with van der Waals surface area (Å²) in [5.41, 5.74) is -0.138. The molecular weight excluding hydrogens is 378 g/mol. The zero-order valence-electron chi connectivity index (χ0n) is 15.4. The van der Waals surface area contributed by atoms with Gasteiger partial charge in [0.15, 0.2) is 12.2 Å². The van der Waals surface area contributed by atoms with Gasteiger partial charge in [-0.3, -0.25) is 24.5 Å². The van der Waals surface area contributed by atoms with Gasteiger partial charge in [0, 0.05) is 32.9 Å². The van der Waals surface area contributed by atoms with E-state index >= 15 is 0 Å². The van der Waals surface area contributed by atoms with Gasteiger partial charge in [0.25, 0.3) is 5.69 Å². The maximum atomic E-state index is 11.5. The Bertz CT molecular complexity index is 747. The van der Waals surface area contributed by atoms with E-state index in [9.17, 15) is 24.5 Å². The van der Waals surface area contributed by atoms with Gasteiger partial charge in [-0.15, -0.1) is 0 Å². The number of hydrogen-bond acceptors (Lipinski definition) is 10. The van der Waals surface area contributed by atoms with Crippen molar-refractivity contribution in [3.8, 4) is 5.75 Å². The molecule has 1 aliphatic rings. The van der Waals surface area contributed by atoms with E-state index in [1.165, 1.54) is 31.2 Å². The van der Waals surface area contributed by atoms with Crippen LogP contribution in [0.3, 0.4) is 0 Å². The Labute approximate surface area is 159 Å². The van der Waals surface area contributed by atoms with Crippen LogP contribution in [0.5, 0.6) is 5.75 Å². The second kappa shape index (κ2) is 9.13. The molecule has 2 rings (SSSR count). The highest BCUT2D eigenvalue weighted by Gasteiger charge is 2.48. The van der Waals surface area contributed by atoms with Crippen molar-refractivity contribution in [2.24, 2.45) is 0 Å². The van der Waals surface area contributed by atoms with Gasteiger partial charge in [0.1, 0.15) is 5.75 Å². The number of carbonyl (C=O) groups excluding carboxylic acids is 3. The van der Waals surface area contributed by atoms with Crippen molar-refractivity contribution in [1.82, 2.24) is 0 Å². The normalized spacial score (nSPS) is 24.0. The summed E-state index contributed by atoms with van der Waals surface area (Å²) in [5.74, 6) is -1.83. The van der Waals surface area contributed by atoms with Crippen LogP contribution in [-0.4, -0.2) is 54.0 Å². The predicted molar refractivity (Wildman–Crippen MR) is 90.1 cm³/mol. The summed E-state index contributed by atoms with van der Waals surface area (Å²) in [6, 6.07) is 5.13. The topological polar surface area (TPSA) is 140 Å². The molecule has 0 saturated carbocycles. The van der Waals surface area contributed by atoms with E-state index in [0.717, 1.165) is 13.8 Å². The van der Waals surface area contributed by atoms with E-state index in [-0.39, 0.29) is 18.0 Å². The van der Waals surface area contributed by atoms with Gasteiger partial charge in [0.2, 0.25) is 12.4 Å². The largest absolute Gasteiger partial charge is 0.461 e. The molecule has 152 valence electrons. The first-order valence-corrected chi connectivity index (χ1v) is 8.21. The maximum Gasteiger partial charge on any atom is 0.303 e. The zero-order chi connectivity index (χ0) is 20.8. The van der Waals surface area contributed by atoms with Crippen molar-refractivity contribution in [3.63, 3.8) is 0 Å². The van der Waals surface area contributed by atoms with Gasteiger partial charge in [-0.25, -0.2) is 0 Å². The summed E-state index contributed by atoms with van der Waals surface area (Å²) in [4.78, 5) is 44.5. The van der Waals surface area contributed by atoms with Crippen LogP contribution in [0.2, 0.25) is 0 Å². The Balaban J connectivity index is 2.25. The van der Waals surface area contributed by atoms with Crippen LogP contribution in [0, 0.1) is 10.1 Å². The Morgan fingerprint density at radius 2 is 1.50 bits per heavy atom. The summed E-state index contributed by atoms with van der Waals surface area (Å²) in [6.07, 6.45) is -4.62. The Morgan fingerprint density at radius 3 is 2.00 bits per heavy atom. The van der Waals surface area contributed by atoms with Crippen LogP contribution < -0.4 is 4.74 Å². The summed E-state index contributed by atoms with van der Waals surface area (Å²) < 4.78 is 26.6. The van der Waals surface area contributed by atoms with E-state index in [1.807, 2.05) is 0 Å². The molecular formula is C17H19NO10. The zero-order valence-corrected chi connectivity index (χ0v) is 15.4. The third-order valence-corrected chi connectivity index (χ3v) is 3.60. The summed E-state index contributed by atoms with van der Waals surface area (Å²) >= 11 is 0. The van der Waals surface area contributed by atoms with E-state index in [4.69, 9.17) is 23.7 Å². The van der Waals surface area contributed by atoms with Crippen molar-refractivity contribution in [1.29, 1.82) is 0 Å². The van der Waals surface area contributed by atoms with Gasteiger partial charge in [0.05, 0.1) is 11.5 Å². The van der Waals surface area contributed by atoms with Gasteiger partial charge in [-0.2, -0.15) is 0 Å². The molecule has 0 radical (unpaired) electrons. The highest BCUT2D eigenvalue weighted by molar-refractivity contribution is 5.68. The first kappa shape index (κ1) is 21.1. The minimum absolute atomic E-state index is 0.138. The number of ether oxygens (including phenoxy) is 5. The number of non-ortho nitro benzene ring substituents is 1. The Hall–Kier alpha value is -3.21. The number of esters is 3. The quantitative estimate of drug-likeness (QED) is 0.297. The van der Waals surface area contributed by atoms with Crippen molar-refractivity contribution in [2.75, 3.05) is 6.61 Å². The van der Waals surface area contributed by atoms with Crippen LogP contribution in [0.4, 0.5) is 5.69 Å². The average Bonchev–Trinajstić information content (AvgIpc) is 2.59. The predicted octanol–water partition coefficient (Wildman–Crippen LogP) is 1.12. The second-order valence-electron chi connectivity index (χ2n) is 5.87. The molecule has 1 fully saturated rings. The van der Waals surface area contributed by atoms with Crippen LogP contribution in [0.1, 0.15) is 20.8 Å². The fourth-order valence-electron chi connectivity index (χ4n) is 2.59. The van der Waals surface area contributed by atoms with Gasteiger partial charge < -0.3 is 23.7 Å². The lowest BCUT2D eigenvalue weighted by Gasteiger charge is -2.40. The molecule has 0 spiro atoms. The highest BCUT2D eigenvalue weighted by atomic mass is 16.7. The Kier molecular flexibility index (Phi) is 6.88. The molecule has 0 aliphatic carbocycles. The molecule has 1 aromatic carbocycles. The lowest BCUT2D eigenvalue weighted by molar-refractivity contribution is -0.384. The standard InChI is InChI=1S/C17H19NO10/c1-9(19)25-14-8-24-17(16(27-11(3)21)15(14)26-10(2)20)28-13-6-4-12(5-7-13)18(22)23/h4-7,14-17H,8H2,1-3H3/t14-,15-,16+,17-/m0/s1. The third-order valence-electron chi connectivity index (χ3n) is 3.60. The van der Waals surface area contributed by atoms with Crippen LogP contribution >= 0.6 is 0 Å². The molecule has 1 aromatic rings. The monoisotopic (exact) mass is 397 g/mol. The molecule has 0 unspecified atom stereocenters. The molecule has 0 aromatic heterocycles. The van der Waals surface area contributed by atoms with Crippen LogP contribution in [0.15, 0.2) is 24.3 Å². The molecule has 1 heterocycles. The molecule has 28 heavy (non-hydrogen) atoms. The van der Waals surface area contributed by atoms with Crippen molar-refractivity contribution >= 4 is 23.6 Å². The maximum absolute atomic E-state index is 11.5. The number of nitro groups is 1. The fourth-order valence-corrected chi connectivity index (χ4v) is 2.59. The smallest absolute Gasteiger partial charge is 0.303 e. The second-order valence-corrected chi connectivity index (χ2v) is 5.87. The van der Waals surface area contributed by atoms with Gasteiger partial charge in [-0.05, 0) is 12.1 Å². The van der Waals surface area contributed by atoms with Crippen molar-refractivity contribution in [2.45, 2.75) is 45.4 Å². The van der Waals surface area contributed by atoms with E-state index in [1.54, 1.807) is 0 Å². The lowest BCUT2D eigenvalue weighted by Crippen LogP contribution is -2.59. The molecule has 11 nitrogen and oxygen atoms in total. The number of rotatable bonds is 6. The average molecular weight is 397 g/mol. The summed E-state index contributed by atoms with van der Waals surface area (Å²) in [7, 11) is 0. The number of carbonyl (C=O) groups is 3. The number of nitrogens with zero attached hydrogens (tertiary/aromatic N) is 1. The van der Waals surface area contributed by atoms with Gasteiger partial charge in [-0.1, -0.05) is 0 Å². The minimum atomic E-state index is -1.24. The fraction of sp³-hybridized carbons (Fsp3) is 0.471. The third kappa shape index (κ3) is 5.64. The van der Waals surface area contributed by atoms with E-state index < -0.39 is 47.4 Å². The highest BCUT2D eigenvalue weighted by Crippen LogP contribution is 2.27. The number of hydrogen-bond donors (Lipinski definition) is 0. The molecule has 1 saturated heterocycles. The van der Waals surface area contributed by atoms with Crippen molar-refractivity contribution < 1.29 is 43.0 Å². The first-order valence-electron chi connectivity index (χ1n) is 8.21. The van der Waals surface area contributed by atoms with Crippen LogP contribution in [0.25, 0.3) is 0 Å². The summed E-state index contributed by atoms with van der Waals surface area (Å²) in [5, 5.41) is 10.7. The number of benzene rings is 1. The molecule has 11 heteroatoms. The first-order chi connectivity index (χ1) is 13.2. The summed E-state index contributed by atoms with van der Waals surface area (Å²) in [6.45, 7) is 3.28. The Morgan fingerprint density at radius 1 is 0.964 bits per heavy atom. The molecule has 0 bridgehead atoms. The molecule has 0 amide bonds. The van der Waals surface area contributed by atoms with E-state index in [0.29, 0.717) is 0 Å². The van der Waals surface area contributed by atoms with Crippen LogP contribution in [-0.2, 0) is 33.3 Å². The number of nitro benzene ring substituents is 1. The lowest BCUT2D eigenvalue weighted by atomic mass is 10.0. The molecule has 4 atom stereocenters.